The zero-order valence-electron chi connectivity index (χ0n) is 14.0. The van der Waals surface area contributed by atoms with Gasteiger partial charge in [0.05, 0.1) is 12.9 Å². The largest absolute Gasteiger partial charge is 0.465 e. The van der Waals surface area contributed by atoms with Crippen LogP contribution in [0.3, 0.4) is 0 Å². The number of fused-ring (bicyclic) bond motifs is 1. The molecule has 0 aromatic carbocycles. The molecule has 0 bridgehead atoms. The number of hydrogen-bond donors (Lipinski definition) is 1. The van der Waals surface area contributed by atoms with Crippen molar-refractivity contribution in [3.8, 4) is 0 Å². The lowest BCUT2D eigenvalue weighted by Gasteiger charge is -2.16. The first-order valence-corrected chi connectivity index (χ1v) is 8.51. The molecule has 1 saturated heterocycles. The minimum absolute atomic E-state index is 0.164. The molecule has 0 aliphatic carbocycles. The summed E-state index contributed by atoms with van der Waals surface area (Å²) in [6.45, 7) is 2.97. The van der Waals surface area contributed by atoms with Crippen LogP contribution in [0.5, 0.6) is 0 Å². The molecule has 1 fully saturated rings. The maximum absolute atomic E-state index is 14.0. The highest BCUT2D eigenvalue weighted by Crippen LogP contribution is 2.27. The SMILES string of the molecule is Cc1ccc(CNc2nc(F)nc3c2ncn3C2CCCCCO2)o1. The molecule has 0 saturated carbocycles. The molecular weight excluding hydrogens is 325 g/mol. The number of hydrogen-bond acceptors (Lipinski definition) is 6. The van der Waals surface area contributed by atoms with Crippen molar-refractivity contribution in [2.75, 3.05) is 11.9 Å². The molecule has 1 N–H and O–H groups in total. The van der Waals surface area contributed by atoms with Crippen molar-refractivity contribution in [2.45, 2.75) is 45.4 Å². The standard InChI is InChI=1S/C17H20FN5O2/c1-11-6-7-12(25-11)9-19-15-14-16(22-17(18)21-15)23(10-20-14)13-5-3-2-4-8-24-13/h6-7,10,13H,2-5,8-9H2,1H3,(H,19,21,22). The summed E-state index contributed by atoms with van der Waals surface area (Å²) in [5, 5.41) is 3.09. The quantitative estimate of drug-likeness (QED) is 0.728. The minimum atomic E-state index is -0.791. The molecule has 132 valence electrons. The molecule has 4 rings (SSSR count). The van der Waals surface area contributed by atoms with Crippen LogP contribution in [0.25, 0.3) is 11.2 Å². The van der Waals surface area contributed by atoms with E-state index in [4.69, 9.17) is 9.15 Å². The van der Waals surface area contributed by atoms with Gasteiger partial charge in [0.2, 0.25) is 0 Å². The number of aryl methyl sites for hydroxylation is 1. The summed E-state index contributed by atoms with van der Waals surface area (Å²) in [7, 11) is 0. The first-order valence-electron chi connectivity index (χ1n) is 8.51. The number of nitrogens with one attached hydrogen (secondary N) is 1. The fraction of sp³-hybridized carbons (Fsp3) is 0.471. The average molecular weight is 345 g/mol. The average Bonchev–Trinajstić information content (AvgIpc) is 3.10. The van der Waals surface area contributed by atoms with E-state index in [1.807, 2.05) is 19.1 Å². The van der Waals surface area contributed by atoms with Gasteiger partial charge >= 0.3 is 6.08 Å². The molecule has 3 aromatic rings. The van der Waals surface area contributed by atoms with E-state index >= 15 is 0 Å². The Bertz CT molecular complexity index is 867. The van der Waals surface area contributed by atoms with Crippen LogP contribution in [-0.4, -0.2) is 26.1 Å². The predicted octanol–water partition coefficient (Wildman–Crippen LogP) is 3.57. The molecule has 7 nitrogen and oxygen atoms in total. The van der Waals surface area contributed by atoms with Gasteiger partial charge in [0.15, 0.2) is 17.0 Å². The molecule has 1 unspecified atom stereocenters. The van der Waals surface area contributed by atoms with Gasteiger partial charge in [-0.05, 0) is 38.3 Å². The van der Waals surface area contributed by atoms with Crippen LogP contribution in [0.2, 0.25) is 0 Å². The second-order valence-electron chi connectivity index (χ2n) is 6.21. The lowest BCUT2D eigenvalue weighted by molar-refractivity contribution is 0.00928. The van der Waals surface area contributed by atoms with E-state index < -0.39 is 6.08 Å². The second-order valence-corrected chi connectivity index (χ2v) is 6.21. The first kappa shape index (κ1) is 16.0. The Balaban J connectivity index is 1.63. The maximum Gasteiger partial charge on any atom is 0.312 e. The molecule has 0 spiro atoms. The molecule has 1 aliphatic heterocycles. The van der Waals surface area contributed by atoms with E-state index in [0.717, 1.165) is 37.2 Å². The van der Waals surface area contributed by atoms with Crippen molar-refractivity contribution in [3.05, 3.63) is 36.1 Å². The summed E-state index contributed by atoms with van der Waals surface area (Å²) < 4.78 is 27.2. The van der Waals surface area contributed by atoms with Crippen LogP contribution >= 0.6 is 0 Å². The molecule has 0 radical (unpaired) electrons. The van der Waals surface area contributed by atoms with E-state index in [2.05, 4.69) is 20.3 Å². The third kappa shape index (κ3) is 3.34. The number of furan rings is 1. The fourth-order valence-corrected chi connectivity index (χ4v) is 3.09. The van der Waals surface area contributed by atoms with E-state index in [1.54, 1.807) is 10.9 Å². The molecule has 25 heavy (non-hydrogen) atoms. The Hall–Kier alpha value is -2.48. The minimum Gasteiger partial charge on any atom is -0.465 e. The van der Waals surface area contributed by atoms with Crippen LogP contribution in [-0.2, 0) is 11.3 Å². The Morgan fingerprint density at radius 1 is 1.28 bits per heavy atom. The number of halogens is 1. The number of anilines is 1. The van der Waals surface area contributed by atoms with Gasteiger partial charge in [0.25, 0.3) is 0 Å². The summed E-state index contributed by atoms with van der Waals surface area (Å²) in [5.41, 5.74) is 0.968. The first-order chi connectivity index (χ1) is 12.2. The van der Waals surface area contributed by atoms with Gasteiger partial charge in [-0.2, -0.15) is 14.4 Å². The van der Waals surface area contributed by atoms with Crippen molar-refractivity contribution in [1.82, 2.24) is 19.5 Å². The number of nitrogens with zero attached hydrogens (tertiary/aromatic N) is 4. The number of aromatic nitrogens is 4. The zero-order chi connectivity index (χ0) is 17.2. The van der Waals surface area contributed by atoms with Crippen molar-refractivity contribution < 1.29 is 13.5 Å². The van der Waals surface area contributed by atoms with Crippen LogP contribution in [0, 0.1) is 13.0 Å². The Labute approximate surface area is 144 Å². The van der Waals surface area contributed by atoms with Crippen molar-refractivity contribution in [1.29, 1.82) is 0 Å². The molecule has 8 heteroatoms. The van der Waals surface area contributed by atoms with Gasteiger partial charge in [-0.15, -0.1) is 0 Å². The summed E-state index contributed by atoms with van der Waals surface area (Å²) in [4.78, 5) is 12.2. The third-order valence-corrected chi connectivity index (χ3v) is 4.34. The van der Waals surface area contributed by atoms with Gasteiger partial charge in [0.1, 0.15) is 17.7 Å². The zero-order valence-corrected chi connectivity index (χ0v) is 14.0. The van der Waals surface area contributed by atoms with Gasteiger partial charge in [-0.3, -0.25) is 4.57 Å². The van der Waals surface area contributed by atoms with Gasteiger partial charge in [0, 0.05) is 6.61 Å². The smallest absolute Gasteiger partial charge is 0.312 e. The predicted molar refractivity (Wildman–Crippen MR) is 89.5 cm³/mol. The highest BCUT2D eigenvalue weighted by atomic mass is 19.1. The van der Waals surface area contributed by atoms with Crippen molar-refractivity contribution >= 4 is 17.0 Å². The summed E-state index contributed by atoms with van der Waals surface area (Å²) in [5.74, 6) is 1.92. The van der Waals surface area contributed by atoms with E-state index in [9.17, 15) is 4.39 Å². The van der Waals surface area contributed by atoms with Crippen molar-refractivity contribution in [2.24, 2.45) is 0 Å². The molecule has 3 aromatic heterocycles. The highest BCUT2D eigenvalue weighted by molar-refractivity contribution is 5.82. The fourth-order valence-electron chi connectivity index (χ4n) is 3.09. The monoisotopic (exact) mass is 345 g/mol. The lowest BCUT2D eigenvalue weighted by Crippen LogP contribution is -2.12. The highest BCUT2D eigenvalue weighted by Gasteiger charge is 2.20. The topological polar surface area (TPSA) is 78.0 Å². The van der Waals surface area contributed by atoms with E-state index in [0.29, 0.717) is 30.1 Å². The molecule has 4 heterocycles. The number of ether oxygens (including phenoxy) is 1. The normalized spacial score (nSPS) is 18.4. The van der Waals surface area contributed by atoms with Crippen LogP contribution < -0.4 is 5.32 Å². The lowest BCUT2D eigenvalue weighted by atomic mass is 10.2. The molecule has 1 aliphatic rings. The molecule has 0 amide bonds. The van der Waals surface area contributed by atoms with E-state index in [1.165, 1.54) is 0 Å². The molecule has 1 atom stereocenters. The van der Waals surface area contributed by atoms with Gasteiger partial charge in [-0.1, -0.05) is 6.42 Å². The van der Waals surface area contributed by atoms with E-state index in [-0.39, 0.29) is 6.23 Å². The maximum atomic E-state index is 14.0. The van der Waals surface area contributed by atoms with Crippen molar-refractivity contribution in [3.63, 3.8) is 0 Å². The number of rotatable bonds is 4. The van der Waals surface area contributed by atoms with Crippen LogP contribution in [0.1, 0.15) is 43.4 Å². The molecular formula is C17H20FN5O2. The van der Waals surface area contributed by atoms with Gasteiger partial charge in [-0.25, -0.2) is 4.98 Å². The number of imidazole rings is 1. The summed E-state index contributed by atoms with van der Waals surface area (Å²) >= 11 is 0. The summed E-state index contributed by atoms with van der Waals surface area (Å²) in [6, 6.07) is 3.75. The summed E-state index contributed by atoms with van der Waals surface area (Å²) in [6.07, 6.45) is 4.82. The third-order valence-electron chi connectivity index (χ3n) is 4.34. The Morgan fingerprint density at radius 2 is 2.20 bits per heavy atom. The Kier molecular flexibility index (Phi) is 4.35. The van der Waals surface area contributed by atoms with Gasteiger partial charge < -0.3 is 14.5 Å². The Morgan fingerprint density at radius 3 is 3.04 bits per heavy atom. The van der Waals surface area contributed by atoms with Crippen LogP contribution in [0.4, 0.5) is 10.2 Å². The second kappa shape index (κ2) is 6.79. The van der Waals surface area contributed by atoms with Crippen LogP contribution in [0.15, 0.2) is 22.9 Å².